The van der Waals surface area contributed by atoms with Crippen LogP contribution < -0.4 is 4.74 Å². The second-order valence-electron chi connectivity index (χ2n) is 6.35. The molecule has 0 N–H and O–H groups in total. The number of aryl methyl sites for hydroxylation is 2. The van der Waals surface area contributed by atoms with E-state index < -0.39 is 0 Å². The Labute approximate surface area is 144 Å². The number of carbonyl (C=O) groups is 2. The van der Waals surface area contributed by atoms with Gasteiger partial charge in [0.1, 0.15) is 5.75 Å². The van der Waals surface area contributed by atoms with Crippen LogP contribution in [0.1, 0.15) is 38.3 Å². The van der Waals surface area contributed by atoms with Gasteiger partial charge in [0.15, 0.2) is 6.61 Å². The van der Waals surface area contributed by atoms with Gasteiger partial charge < -0.3 is 14.4 Å². The molecule has 1 amide bonds. The summed E-state index contributed by atoms with van der Waals surface area (Å²) in [6.07, 6.45) is 0.204. The monoisotopic (exact) mass is 335 g/mol. The number of benzene rings is 1. The van der Waals surface area contributed by atoms with Crippen LogP contribution in [0, 0.1) is 19.8 Å². The number of nitrogens with zero attached hydrogens (tertiary/aromatic N) is 1. The lowest BCUT2D eigenvalue weighted by atomic mass is 10.1. The summed E-state index contributed by atoms with van der Waals surface area (Å²) in [5.41, 5.74) is 2.08. The highest BCUT2D eigenvalue weighted by Gasteiger charge is 2.17. The molecule has 0 fully saturated rings. The lowest BCUT2D eigenvalue weighted by Gasteiger charge is -2.24. The molecule has 24 heavy (non-hydrogen) atoms. The summed E-state index contributed by atoms with van der Waals surface area (Å²) in [5, 5.41) is 0. The van der Waals surface area contributed by atoms with E-state index in [4.69, 9.17) is 9.47 Å². The fraction of sp³-hybridized carbons (Fsp3) is 0.579. The SMILES string of the molecule is CCOC(=O)CCN(CC(C)C)C(=O)COc1cc(C)ccc1C. The van der Waals surface area contributed by atoms with Crippen LogP contribution in [0.3, 0.4) is 0 Å². The minimum absolute atomic E-state index is 0.0279. The molecule has 0 aliphatic carbocycles. The van der Waals surface area contributed by atoms with E-state index in [2.05, 4.69) is 0 Å². The Morgan fingerprint density at radius 1 is 1.21 bits per heavy atom. The van der Waals surface area contributed by atoms with Gasteiger partial charge in [0, 0.05) is 13.1 Å². The predicted molar refractivity (Wildman–Crippen MR) is 94.1 cm³/mol. The standard InChI is InChI=1S/C19H29NO4/c1-6-23-19(22)9-10-20(12-14(2)3)18(21)13-24-17-11-15(4)7-8-16(17)5/h7-8,11,14H,6,9-10,12-13H2,1-5H3. The third-order valence-electron chi connectivity index (χ3n) is 3.52. The first kappa shape index (κ1) is 20.0. The molecule has 0 radical (unpaired) electrons. The van der Waals surface area contributed by atoms with Crippen LogP contribution in [-0.4, -0.2) is 43.1 Å². The smallest absolute Gasteiger partial charge is 0.307 e. The van der Waals surface area contributed by atoms with Gasteiger partial charge >= 0.3 is 5.97 Å². The fourth-order valence-electron chi connectivity index (χ4n) is 2.31. The molecule has 0 unspecified atom stereocenters. The van der Waals surface area contributed by atoms with Crippen LogP contribution >= 0.6 is 0 Å². The van der Waals surface area contributed by atoms with Crippen LogP contribution in [0.5, 0.6) is 5.75 Å². The average Bonchev–Trinajstić information content (AvgIpc) is 2.52. The van der Waals surface area contributed by atoms with E-state index in [0.717, 1.165) is 16.9 Å². The molecule has 0 atom stereocenters. The van der Waals surface area contributed by atoms with Crippen LogP contribution in [-0.2, 0) is 14.3 Å². The maximum absolute atomic E-state index is 12.5. The molecule has 0 bridgehead atoms. The molecule has 0 saturated carbocycles. The molecule has 0 spiro atoms. The Balaban J connectivity index is 2.63. The van der Waals surface area contributed by atoms with Gasteiger partial charge in [-0.2, -0.15) is 0 Å². The van der Waals surface area contributed by atoms with Gasteiger partial charge in [0.25, 0.3) is 5.91 Å². The topological polar surface area (TPSA) is 55.8 Å². The number of carbonyl (C=O) groups excluding carboxylic acids is 2. The summed E-state index contributed by atoms with van der Waals surface area (Å²) in [6.45, 7) is 11.1. The summed E-state index contributed by atoms with van der Waals surface area (Å²) < 4.78 is 10.6. The number of esters is 1. The average molecular weight is 335 g/mol. The highest BCUT2D eigenvalue weighted by atomic mass is 16.5. The normalized spacial score (nSPS) is 10.6. The Kier molecular flexibility index (Phi) is 8.30. The number of amides is 1. The van der Waals surface area contributed by atoms with Crippen molar-refractivity contribution in [3.63, 3.8) is 0 Å². The Hall–Kier alpha value is -2.04. The van der Waals surface area contributed by atoms with Crippen LogP contribution in [0.15, 0.2) is 18.2 Å². The van der Waals surface area contributed by atoms with E-state index in [9.17, 15) is 9.59 Å². The van der Waals surface area contributed by atoms with E-state index in [0.29, 0.717) is 25.6 Å². The van der Waals surface area contributed by atoms with Crippen LogP contribution in [0.2, 0.25) is 0 Å². The van der Waals surface area contributed by atoms with Gasteiger partial charge in [-0.05, 0) is 43.9 Å². The molecular formula is C19H29NO4. The summed E-state index contributed by atoms with van der Waals surface area (Å²) in [7, 11) is 0. The molecule has 1 rings (SSSR count). The number of hydrogen-bond donors (Lipinski definition) is 0. The second-order valence-corrected chi connectivity index (χ2v) is 6.35. The Morgan fingerprint density at radius 2 is 1.92 bits per heavy atom. The van der Waals surface area contributed by atoms with Gasteiger partial charge in [0.2, 0.25) is 0 Å². The largest absolute Gasteiger partial charge is 0.483 e. The van der Waals surface area contributed by atoms with Crippen LogP contribution in [0.4, 0.5) is 0 Å². The molecule has 0 aliphatic heterocycles. The first-order valence-electron chi connectivity index (χ1n) is 8.47. The number of ether oxygens (including phenoxy) is 2. The van der Waals surface area contributed by atoms with Gasteiger partial charge in [0.05, 0.1) is 13.0 Å². The zero-order valence-corrected chi connectivity index (χ0v) is 15.4. The minimum Gasteiger partial charge on any atom is -0.483 e. The van der Waals surface area contributed by atoms with Crippen molar-refractivity contribution in [1.82, 2.24) is 4.90 Å². The highest BCUT2D eigenvalue weighted by Crippen LogP contribution is 2.19. The van der Waals surface area contributed by atoms with Crippen molar-refractivity contribution in [3.8, 4) is 5.75 Å². The third kappa shape index (κ3) is 7.02. The first-order chi connectivity index (χ1) is 11.3. The molecule has 0 aliphatic rings. The molecule has 1 aromatic carbocycles. The molecular weight excluding hydrogens is 306 g/mol. The van der Waals surface area contributed by atoms with Crippen LogP contribution in [0.25, 0.3) is 0 Å². The molecule has 134 valence electrons. The highest BCUT2D eigenvalue weighted by molar-refractivity contribution is 5.78. The van der Waals surface area contributed by atoms with Gasteiger partial charge in [-0.3, -0.25) is 9.59 Å². The molecule has 0 aromatic heterocycles. The molecule has 5 nitrogen and oxygen atoms in total. The van der Waals surface area contributed by atoms with Crippen molar-refractivity contribution in [1.29, 1.82) is 0 Å². The number of hydrogen-bond acceptors (Lipinski definition) is 4. The molecule has 5 heteroatoms. The summed E-state index contributed by atoms with van der Waals surface area (Å²) in [6, 6.07) is 5.91. The Bertz CT molecular complexity index is 554. The van der Waals surface area contributed by atoms with Crippen molar-refractivity contribution in [2.24, 2.45) is 5.92 Å². The molecule has 1 aromatic rings. The van der Waals surface area contributed by atoms with Crippen molar-refractivity contribution >= 4 is 11.9 Å². The Morgan fingerprint density at radius 3 is 2.54 bits per heavy atom. The lowest BCUT2D eigenvalue weighted by Crippen LogP contribution is -2.39. The quantitative estimate of drug-likeness (QED) is 0.651. The molecule has 0 saturated heterocycles. The van der Waals surface area contributed by atoms with Crippen molar-refractivity contribution in [2.75, 3.05) is 26.3 Å². The third-order valence-corrected chi connectivity index (χ3v) is 3.52. The van der Waals surface area contributed by atoms with Crippen molar-refractivity contribution in [3.05, 3.63) is 29.3 Å². The van der Waals surface area contributed by atoms with E-state index in [-0.39, 0.29) is 24.9 Å². The van der Waals surface area contributed by atoms with Gasteiger partial charge in [-0.25, -0.2) is 0 Å². The van der Waals surface area contributed by atoms with Gasteiger partial charge in [-0.15, -0.1) is 0 Å². The maximum atomic E-state index is 12.5. The molecule has 0 heterocycles. The van der Waals surface area contributed by atoms with E-state index in [1.54, 1.807) is 11.8 Å². The van der Waals surface area contributed by atoms with E-state index in [1.807, 2.05) is 45.9 Å². The summed E-state index contributed by atoms with van der Waals surface area (Å²) in [4.78, 5) is 25.7. The predicted octanol–water partition coefficient (Wildman–Crippen LogP) is 3.12. The first-order valence-corrected chi connectivity index (χ1v) is 8.47. The van der Waals surface area contributed by atoms with E-state index in [1.165, 1.54) is 0 Å². The van der Waals surface area contributed by atoms with Gasteiger partial charge in [-0.1, -0.05) is 26.0 Å². The van der Waals surface area contributed by atoms with Crippen molar-refractivity contribution < 1.29 is 19.1 Å². The lowest BCUT2D eigenvalue weighted by molar-refractivity contribution is -0.144. The minimum atomic E-state index is -0.283. The zero-order chi connectivity index (χ0) is 18.1. The summed E-state index contributed by atoms with van der Waals surface area (Å²) >= 11 is 0. The number of rotatable bonds is 9. The fourth-order valence-corrected chi connectivity index (χ4v) is 2.31. The van der Waals surface area contributed by atoms with Crippen molar-refractivity contribution in [2.45, 2.75) is 41.0 Å². The second kappa shape index (κ2) is 9.96. The zero-order valence-electron chi connectivity index (χ0n) is 15.4. The maximum Gasteiger partial charge on any atom is 0.307 e. The van der Waals surface area contributed by atoms with E-state index >= 15 is 0 Å². The summed E-state index contributed by atoms with van der Waals surface area (Å²) in [5.74, 6) is 0.637.